The molecule has 0 saturated heterocycles. The van der Waals surface area contributed by atoms with E-state index in [2.05, 4.69) is 4.99 Å². The molecule has 0 spiro atoms. The summed E-state index contributed by atoms with van der Waals surface area (Å²) in [5.41, 5.74) is 10.4. The van der Waals surface area contributed by atoms with Crippen LogP contribution in [0.2, 0.25) is 0 Å². The maximum absolute atomic E-state index is 10.4. The van der Waals surface area contributed by atoms with Crippen LogP contribution in [-0.4, -0.2) is 39.4 Å². The van der Waals surface area contributed by atoms with Gasteiger partial charge in [0.25, 0.3) is 0 Å². The maximum Gasteiger partial charge on any atom is 0.429 e. The fourth-order valence-corrected chi connectivity index (χ4v) is 1.19. The lowest BCUT2D eigenvalue weighted by atomic mass is 10.2. The van der Waals surface area contributed by atoms with Gasteiger partial charge in [0.15, 0.2) is 5.96 Å². The number of rotatable bonds is 6. The van der Waals surface area contributed by atoms with Gasteiger partial charge in [-0.25, -0.2) is 4.57 Å². The zero-order valence-electron chi connectivity index (χ0n) is 8.41. The average Bonchev–Trinajstić information content (AvgIpc) is 2.08. The number of aliphatic imine (C=N–C) groups is 1. The fourth-order valence-electron chi connectivity index (χ4n) is 0.819. The van der Waals surface area contributed by atoms with Crippen LogP contribution in [0.3, 0.4) is 0 Å². The van der Waals surface area contributed by atoms with Crippen LogP contribution in [-0.2, 0) is 9.36 Å². The van der Waals surface area contributed by atoms with Crippen molar-refractivity contribution in [2.75, 3.05) is 6.54 Å². The van der Waals surface area contributed by atoms with Gasteiger partial charge in [-0.1, -0.05) is 0 Å². The lowest BCUT2D eigenvalue weighted by Crippen LogP contribution is -2.31. The van der Waals surface area contributed by atoms with Gasteiger partial charge in [-0.15, -0.1) is 0 Å². The Morgan fingerprint density at radius 1 is 1.50 bits per heavy atom. The molecule has 94 valence electrons. The normalized spacial score (nSPS) is 14.6. The quantitative estimate of drug-likeness (QED) is 0.139. The van der Waals surface area contributed by atoms with Crippen LogP contribution in [0.25, 0.3) is 0 Å². The van der Waals surface area contributed by atoms with Crippen LogP contribution in [0.4, 0.5) is 0 Å². The van der Waals surface area contributed by atoms with E-state index in [0.29, 0.717) is 6.42 Å². The summed E-state index contributed by atoms with van der Waals surface area (Å²) in [5.74, 6) is -1.50. The Labute approximate surface area is 91.8 Å². The number of carboxylic acids is 1. The Morgan fingerprint density at radius 3 is 2.50 bits per heavy atom. The highest BCUT2D eigenvalue weighted by Crippen LogP contribution is 2.27. The molecule has 0 bridgehead atoms. The average molecular weight is 254 g/mol. The summed E-state index contributed by atoms with van der Waals surface area (Å²) < 4.78 is 10.4. The number of nitrogens with zero attached hydrogens (tertiary/aromatic N) is 1. The van der Waals surface area contributed by atoms with Crippen LogP contribution in [0, 0.1) is 0 Å². The molecular formula is C6H15N4O5P. The van der Waals surface area contributed by atoms with Crippen LogP contribution < -0.4 is 16.6 Å². The smallest absolute Gasteiger partial charge is 0.429 e. The van der Waals surface area contributed by atoms with Crippen molar-refractivity contribution in [3.05, 3.63) is 0 Å². The summed E-state index contributed by atoms with van der Waals surface area (Å²) in [6.07, 6.45) is 0.568. The van der Waals surface area contributed by atoms with Crippen LogP contribution in [0.15, 0.2) is 4.99 Å². The molecular weight excluding hydrogens is 239 g/mol. The second-order valence-electron chi connectivity index (χ2n) is 3.01. The van der Waals surface area contributed by atoms with E-state index in [0.717, 1.165) is 0 Å². The molecule has 9 nitrogen and oxygen atoms in total. The molecule has 0 saturated carbocycles. The van der Waals surface area contributed by atoms with E-state index < -0.39 is 25.7 Å². The summed E-state index contributed by atoms with van der Waals surface area (Å²) in [6, 6.07) is -0.967. The topological polar surface area (TPSA) is 171 Å². The summed E-state index contributed by atoms with van der Waals surface area (Å²) >= 11 is 0. The van der Waals surface area contributed by atoms with Crippen molar-refractivity contribution < 1.29 is 24.3 Å². The molecule has 0 aromatic heterocycles. The molecule has 0 aliphatic heterocycles. The lowest BCUT2D eigenvalue weighted by Gasteiger charge is -2.07. The number of carbonyl (C=O) groups is 1. The van der Waals surface area contributed by atoms with Crippen molar-refractivity contribution in [1.29, 1.82) is 0 Å². The molecule has 0 amide bonds. The Bertz CT molecular complexity index is 314. The minimum absolute atomic E-state index is 0.139. The number of hydrogen-bond acceptors (Lipinski definition) is 4. The first-order valence-electron chi connectivity index (χ1n) is 4.34. The lowest BCUT2D eigenvalue weighted by molar-refractivity contribution is -0.138. The minimum Gasteiger partial charge on any atom is -0.480 e. The first kappa shape index (κ1) is 14.8. The molecule has 0 heterocycles. The van der Waals surface area contributed by atoms with E-state index >= 15 is 0 Å². The number of nitrogens with one attached hydrogen (secondary N) is 1. The van der Waals surface area contributed by atoms with Gasteiger partial charge >= 0.3 is 13.7 Å². The van der Waals surface area contributed by atoms with Gasteiger partial charge in [-0.3, -0.25) is 14.9 Å². The van der Waals surface area contributed by atoms with Crippen molar-refractivity contribution in [2.24, 2.45) is 16.5 Å². The highest BCUT2D eigenvalue weighted by Gasteiger charge is 2.13. The Hall–Kier alpha value is -1.15. The van der Waals surface area contributed by atoms with E-state index in [1.54, 1.807) is 5.09 Å². The minimum atomic E-state index is -4.43. The molecule has 16 heavy (non-hydrogen) atoms. The summed E-state index contributed by atoms with van der Waals surface area (Å²) in [4.78, 5) is 30.8. The van der Waals surface area contributed by atoms with Gasteiger partial charge in [0, 0.05) is 6.54 Å². The molecule has 0 aliphatic carbocycles. The molecule has 0 unspecified atom stereocenters. The van der Waals surface area contributed by atoms with E-state index in [4.69, 9.17) is 26.4 Å². The number of carboxylic acid groups (broad SMARTS) is 1. The zero-order valence-corrected chi connectivity index (χ0v) is 9.30. The maximum atomic E-state index is 10.4. The third kappa shape index (κ3) is 8.18. The number of guanidine groups is 1. The molecule has 10 heteroatoms. The summed E-state index contributed by atoms with van der Waals surface area (Å²) in [6.45, 7) is 0.139. The first-order chi connectivity index (χ1) is 7.22. The standard InChI is InChI=1S/C6H15N4O5P/c7-4(5(11)12)2-1-3-9-6(8)10-16(13,14)15/h4H,1-3,7H2,(H,11,12)(H5,8,9,10,13,14,15)/t4-/m0/s1. The van der Waals surface area contributed by atoms with Gasteiger partial charge in [0.05, 0.1) is 0 Å². The first-order valence-corrected chi connectivity index (χ1v) is 5.96. The molecule has 0 aliphatic rings. The van der Waals surface area contributed by atoms with Crippen molar-refractivity contribution in [3.63, 3.8) is 0 Å². The van der Waals surface area contributed by atoms with Gasteiger partial charge in [0.2, 0.25) is 0 Å². The van der Waals surface area contributed by atoms with Gasteiger partial charge in [-0.2, -0.15) is 0 Å². The van der Waals surface area contributed by atoms with Crippen molar-refractivity contribution >= 4 is 19.7 Å². The largest absolute Gasteiger partial charge is 0.480 e. The van der Waals surface area contributed by atoms with E-state index in [9.17, 15) is 9.36 Å². The summed E-state index contributed by atoms with van der Waals surface area (Å²) in [7, 11) is -4.43. The Balaban J connectivity index is 3.84. The van der Waals surface area contributed by atoms with E-state index in [-0.39, 0.29) is 13.0 Å². The van der Waals surface area contributed by atoms with E-state index in [1.165, 1.54) is 0 Å². The second-order valence-corrected chi connectivity index (χ2v) is 4.32. The molecule has 0 radical (unpaired) electrons. The van der Waals surface area contributed by atoms with Crippen LogP contribution in [0.5, 0.6) is 0 Å². The highest BCUT2D eigenvalue weighted by molar-refractivity contribution is 7.50. The third-order valence-corrected chi connectivity index (χ3v) is 2.05. The monoisotopic (exact) mass is 254 g/mol. The Morgan fingerprint density at radius 2 is 2.06 bits per heavy atom. The van der Waals surface area contributed by atoms with Gasteiger partial charge in [-0.05, 0) is 12.8 Å². The van der Waals surface area contributed by atoms with Crippen molar-refractivity contribution in [1.82, 2.24) is 5.09 Å². The Kier molecular flexibility index (Phi) is 5.97. The second kappa shape index (κ2) is 6.44. The number of hydrogen-bond donors (Lipinski definition) is 6. The van der Waals surface area contributed by atoms with Gasteiger partial charge < -0.3 is 26.4 Å². The number of nitrogens with two attached hydrogens (primary N) is 2. The van der Waals surface area contributed by atoms with Gasteiger partial charge in [0.1, 0.15) is 6.04 Å². The molecule has 8 N–H and O–H groups in total. The molecule has 0 aromatic rings. The number of aliphatic carboxylic acids is 1. The molecule has 0 aromatic carbocycles. The predicted molar refractivity (Wildman–Crippen MR) is 56.5 cm³/mol. The zero-order chi connectivity index (χ0) is 12.8. The fraction of sp³-hybridized carbons (Fsp3) is 0.667. The van der Waals surface area contributed by atoms with Crippen LogP contribution in [0.1, 0.15) is 12.8 Å². The predicted octanol–water partition coefficient (Wildman–Crippen LogP) is -1.82. The van der Waals surface area contributed by atoms with Crippen LogP contribution >= 0.6 is 7.75 Å². The third-order valence-electron chi connectivity index (χ3n) is 1.53. The van der Waals surface area contributed by atoms with Crippen molar-refractivity contribution in [3.8, 4) is 0 Å². The highest BCUT2D eigenvalue weighted by atomic mass is 31.2. The molecule has 0 fully saturated rings. The summed E-state index contributed by atoms with van der Waals surface area (Å²) in [5, 5.41) is 10.1. The van der Waals surface area contributed by atoms with Crippen molar-refractivity contribution in [2.45, 2.75) is 18.9 Å². The SMILES string of the molecule is NC(=NCCC[C@H](N)C(=O)O)NP(=O)(O)O. The molecule has 1 atom stereocenters. The van der Waals surface area contributed by atoms with E-state index in [1.807, 2.05) is 0 Å². The molecule has 0 rings (SSSR count).